The first-order chi connectivity index (χ1) is 8.20. The highest BCUT2D eigenvalue weighted by Crippen LogP contribution is 2.51. The molecule has 1 aliphatic rings. The third kappa shape index (κ3) is 1.45. The number of fused-ring (bicyclic) bond motifs is 1. The first-order valence-corrected chi connectivity index (χ1v) is 5.41. The molecule has 1 aromatic heterocycles. The maximum Gasteiger partial charge on any atom is 0.266 e. The summed E-state index contributed by atoms with van der Waals surface area (Å²) in [4.78, 5) is 17.7. The molecule has 5 heteroatoms. The van der Waals surface area contributed by atoms with Crippen LogP contribution in [0.3, 0.4) is 0 Å². The standard InChI is InChI=1S/C12H8ClN3O/c13-8-5-6-15-11-10(8)16(11)12(17)7-3-1-2-4-9(7)14/h1-6H,14H2. The van der Waals surface area contributed by atoms with Crippen LogP contribution in [0.15, 0.2) is 36.5 Å². The average Bonchev–Trinajstić information content (AvgIpc) is 3.05. The van der Waals surface area contributed by atoms with Gasteiger partial charge in [-0.1, -0.05) is 23.7 Å². The summed E-state index contributed by atoms with van der Waals surface area (Å²) in [6.45, 7) is 0. The number of carbonyl (C=O) groups is 1. The lowest BCUT2D eigenvalue weighted by atomic mass is 10.1. The maximum absolute atomic E-state index is 12.2. The van der Waals surface area contributed by atoms with Crippen LogP contribution in [-0.2, 0) is 0 Å². The zero-order valence-electron chi connectivity index (χ0n) is 8.72. The van der Waals surface area contributed by atoms with E-state index in [0.717, 1.165) is 0 Å². The van der Waals surface area contributed by atoms with Crippen LogP contribution < -0.4 is 10.6 Å². The Labute approximate surface area is 103 Å². The van der Waals surface area contributed by atoms with Crippen LogP contribution >= 0.6 is 11.6 Å². The van der Waals surface area contributed by atoms with E-state index in [2.05, 4.69) is 4.98 Å². The third-order valence-electron chi connectivity index (χ3n) is 2.64. The molecule has 0 fully saturated rings. The molecular formula is C12H8ClN3O. The number of carbonyl (C=O) groups excluding carboxylic acids is 1. The summed E-state index contributed by atoms with van der Waals surface area (Å²) in [5.41, 5.74) is 7.34. The molecule has 2 heterocycles. The number of nitrogens with zero attached hydrogens (tertiary/aromatic N) is 2. The van der Waals surface area contributed by atoms with Crippen molar-refractivity contribution in [3.05, 3.63) is 47.1 Å². The molecular weight excluding hydrogens is 238 g/mol. The van der Waals surface area contributed by atoms with Crippen LogP contribution in [0.2, 0.25) is 5.02 Å². The van der Waals surface area contributed by atoms with Crippen LogP contribution in [0.1, 0.15) is 10.4 Å². The van der Waals surface area contributed by atoms with E-state index in [9.17, 15) is 4.79 Å². The fraction of sp³-hybridized carbons (Fsp3) is 0. The summed E-state index contributed by atoms with van der Waals surface area (Å²) < 4.78 is 0. The summed E-state index contributed by atoms with van der Waals surface area (Å²) in [5, 5.41) is 0.526. The van der Waals surface area contributed by atoms with Crippen LogP contribution in [0.4, 0.5) is 17.2 Å². The van der Waals surface area contributed by atoms with Gasteiger partial charge in [0.1, 0.15) is 5.69 Å². The van der Waals surface area contributed by atoms with Crippen molar-refractivity contribution in [3.63, 3.8) is 0 Å². The molecule has 0 bridgehead atoms. The summed E-state index contributed by atoms with van der Waals surface area (Å²) in [6, 6.07) is 8.59. The maximum atomic E-state index is 12.2. The molecule has 0 saturated carbocycles. The predicted octanol–water partition coefficient (Wildman–Crippen LogP) is 2.61. The van der Waals surface area contributed by atoms with E-state index in [1.165, 1.54) is 4.90 Å². The van der Waals surface area contributed by atoms with Crippen molar-refractivity contribution < 1.29 is 4.79 Å². The van der Waals surface area contributed by atoms with Crippen molar-refractivity contribution in [2.75, 3.05) is 10.6 Å². The number of halogens is 1. The molecule has 1 aromatic carbocycles. The van der Waals surface area contributed by atoms with Crippen molar-refractivity contribution in [3.8, 4) is 0 Å². The monoisotopic (exact) mass is 245 g/mol. The summed E-state index contributed by atoms with van der Waals surface area (Å²) in [7, 11) is 0. The van der Waals surface area contributed by atoms with Gasteiger partial charge in [-0.3, -0.25) is 9.69 Å². The first kappa shape index (κ1) is 10.1. The third-order valence-corrected chi connectivity index (χ3v) is 2.94. The van der Waals surface area contributed by atoms with Crippen molar-refractivity contribution in [1.82, 2.24) is 4.98 Å². The van der Waals surface area contributed by atoms with E-state index >= 15 is 0 Å². The molecule has 84 valence electrons. The SMILES string of the molecule is Nc1ccccc1C(=O)N1c2nccc(Cl)c21. The van der Waals surface area contributed by atoms with E-state index < -0.39 is 0 Å². The van der Waals surface area contributed by atoms with Crippen molar-refractivity contribution in [2.45, 2.75) is 0 Å². The molecule has 4 nitrogen and oxygen atoms in total. The topological polar surface area (TPSA) is 59.0 Å². The molecule has 0 aliphatic carbocycles. The number of para-hydroxylation sites is 1. The zero-order chi connectivity index (χ0) is 12.0. The largest absolute Gasteiger partial charge is 0.398 e. The predicted molar refractivity (Wildman–Crippen MR) is 66.6 cm³/mol. The van der Waals surface area contributed by atoms with E-state index in [0.29, 0.717) is 27.8 Å². The van der Waals surface area contributed by atoms with Gasteiger partial charge in [0.25, 0.3) is 5.91 Å². The number of hydrogen-bond acceptors (Lipinski definition) is 3. The van der Waals surface area contributed by atoms with Gasteiger partial charge in [0.2, 0.25) is 0 Å². The van der Waals surface area contributed by atoms with Gasteiger partial charge < -0.3 is 5.73 Å². The van der Waals surface area contributed by atoms with Crippen LogP contribution in [0.25, 0.3) is 0 Å². The Kier molecular flexibility index (Phi) is 2.06. The number of hydrogen-bond donors (Lipinski definition) is 1. The van der Waals surface area contributed by atoms with E-state index in [-0.39, 0.29) is 5.91 Å². The van der Waals surface area contributed by atoms with Gasteiger partial charge in [0, 0.05) is 11.9 Å². The summed E-state index contributed by atoms with van der Waals surface area (Å²) in [6.07, 6.45) is 1.57. The quantitative estimate of drug-likeness (QED) is 0.621. The van der Waals surface area contributed by atoms with E-state index in [4.69, 9.17) is 17.3 Å². The smallest absolute Gasteiger partial charge is 0.266 e. The Morgan fingerprint density at radius 3 is 2.76 bits per heavy atom. The molecule has 2 N–H and O–H groups in total. The van der Waals surface area contributed by atoms with Gasteiger partial charge >= 0.3 is 0 Å². The fourth-order valence-corrected chi connectivity index (χ4v) is 1.98. The molecule has 0 saturated heterocycles. The highest BCUT2D eigenvalue weighted by Gasteiger charge is 2.40. The van der Waals surface area contributed by atoms with Gasteiger partial charge in [-0.25, -0.2) is 4.98 Å². The Hall–Kier alpha value is -2.07. The second-order valence-corrected chi connectivity index (χ2v) is 4.10. The van der Waals surface area contributed by atoms with Crippen molar-refractivity contribution in [2.24, 2.45) is 0 Å². The first-order valence-electron chi connectivity index (χ1n) is 5.03. The number of aromatic nitrogens is 1. The van der Waals surface area contributed by atoms with Gasteiger partial charge in [-0.05, 0) is 18.2 Å². The number of benzene rings is 1. The Morgan fingerprint density at radius 1 is 1.29 bits per heavy atom. The normalized spacial score (nSPS) is 12.2. The molecule has 0 radical (unpaired) electrons. The highest BCUT2D eigenvalue weighted by atomic mass is 35.5. The summed E-state index contributed by atoms with van der Waals surface area (Å²) >= 11 is 5.96. The zero-order valence-corrected chi connectivity index (χ0v) is 9.48. The lowest BCUT2D eigenvalue weighted by Crippen LogP contribution is -2.15. The number of amides is 1. The number of anilines is 3. The number of nitrogens with two attached hydrogens (primary N) is 1. The minimum absolute atomic E-state index is 0.196. The number of pyridine rings is 1. The Morgan fingerprint density at radius 2 is 2.06 bits per heavy atom. The molecule has 3 rings (SSSR count). The van der Waals surface area contributed by atoms with Crippen LogP contribution in [-0.4, -0.2) is 10.9 Å². The molecule has 0 spiro atoms. The van der Waals surface area contributed by atoms with Crippen LogP contribution in [0, 0.1) is 0 Å². The van der Waals surface area contributed by atoms with Gasteiger partial charge in [-0.2, -0.15) is 0 Å². The fourth-order valence-electron chi connectivity index (χ4n) is 1.75. The number of rotatable bonds is 1. The molecule has 0 unspecified atom stereocenters. The molecule has 2 aromatic rings. The minimum atomic E-state index is -0.196. The van der Waals surface area contributed by atoms with Crippen molar-refractivity contribution >= 4 is 34.7 Å². The Balaban J connectivity index is 1.98. The highest BCUT2D eigenvalue weighted by molar-refractivity contribution is 6.38. The van der Waals surface area contributed by atoms with Gasteiger partial charge in [-0.15, -0.1) is 0 Å². The van der Waals surface area contributed by atoms with Gasteiger partial charge in [0.05, 0.1) is 10.6 Å². The lowest BCUT2D eigenvalue weighted by Gasteiger charge is -2.04. The lowest BCUT2D eigenvalue weighted by molar-refractivity contribution is 0.101. The minimum Gasteiger partial charge on any atom is -0.398 e. The second-order valence-electron chi connectivity index (χ2n) is 3.69. The van der Waals surface area contributed by atoms with Crippen molar-refractivity contribution in [1.29, 1.82) is 0 Å². The van der Waals surface area contributed by atoms with Gasteiger partial charge in [0.15, 0.2) is 5.82 Å². The number of nitrogen functional groups attached to an aromatic ring is 1. The van der Waals surface area contributed by atoms with E-state index in [1.54, 1.807) is 36.5 Å². The molecule has 17 heavy (non-hydrogen) atoms. The molecule has 1 aliphatic heterocycles. The summed E-state index contributed by atoms with van der Waals surface area (Å²) in [5.74, 6) is 0.407. The molecule has 1 amide bonds. The van der Waals surface area contributed by atoms with E-state index in [1.807, 2.05) is 0 Å². The second kappa shape index (κ2) is 3.46. The molecule has 0 atom stereocenters. The average molecular weight is 246 g/mol. The Bertz CT molecular complexity index is 627. The van der Waals surface area contributed by atoms with Crippen LogP contribution in [0.5, 0.6) is 0 Å².